The average molecular weight is 248 g/mol. The average Bonchev–Trinajstić information content (AvgIpc) is 2.71. The largest absolute Gasteiger partial charge is 0.476 e. The van der Waals surface area contributed by atoms with E-state index in [9.17, 15) is 14.9 Å². The monoisotopic (exact) mass is 248 g/mol. The number of rotatable bonds is 3. The van der Waals surface area contributed by atoms with E-state index in [1.165, 1.54) is 25.1 Å². The Bertz CT molecular complexity index is 632. The number of aryl methyl sites for hydroxylation is 1. The molecule has 0 aliphatic carbocycles. The van der Waals surface area contributed by atoms with Crippen molar-refractivity contribution in [2.75, 3.05) is 0 Å². The van der Waals surface area contributed by atoms with Gasteiger partial charge in [0, 0.05) is 6.07 Å². The highest BCUT2D eigenvalue weighted by Gasteiger charge is 2.22. The number of nitrogens with zero attached hydrogens (tertiary/aromatic N) is 2. The highest BCUT2D eigenvalue weighted by molar-refractivity contribution is 5.87. The second-order valence-corrected chi connectivity index (χ2v) is 3.50. The Morgan fingerprint density at radius 2 is 2.11 bits per heavy atom. The van der Waals surface area contributed by atoms with Gasteiger partial charge in [0.25, 0.3) is 5.69 Å². The Labute approximate surface area is 101 Å². The number of nitro benzene ring substituents is 1. The molecular formula is C11H8N2O5. The number of carboxylic acid groups (broad SMARTS) is 1. The summed E-state index contributed by atoms with van der Waals surface area (Å²) in [4.78, 5) is 24.8. The number of nitro groups is 1. The summed E-state index contributed by atoms with van der Waals surface area (Å²) < 4.78 is 5.16. The fourth-order valence-corrected chi connectivity index (χ4v) is 1.52. The van der Waals surface area contributed by atoms with E-state index in [-0.39, 0.29) is 28.6 Å². The first kappa shape index (κ1) is 11.8. The molecule has 0 radical (unpaired) electrons. The molecule has 18 heavy (non-hydrogen) atoms. The summed E-state index contributed by atoms with van der Waals surface area (Å²) >= 11 is 0. The van der Waals surface area contributed by atoms with Crippen LogP contribution in [0.2, 0.25) is 0 Å². The van der Waals surface area contributed by atoms with Crippen LogP contribution in [-0.4, -0.2) is 21.0 Å². The van der Waals surface area contributed by atoms with Gasteiger partial charge in [-0.2, -0.15) is 0 Å². The number of para-hydroxylation sites is 1. The van der Waals surface area contributed by atoms with Crippen molar-refractivity contribution < 1.29 is 19.2 Å². The zero-order chi connectivity index (χ0) is 13.3. The number of aromatic carboxylic acids is 1. The van der Waals surface area contributed by atoms with Crippen molar-refractivity contribution in [1.29, 1.82) is 0 Å². The summed E-state index contributed by atoms with van der Waals surface area (Å²) in [5, 5.41) is 19.7. The smallest absolute Gasteiger partial charge is 0.358 e. The summed E-state index contributed by atoms with van der Waals surface area (Å²) in [5.74, 6) is -1.20. The van der Waals surface area contributed by atoms with Gasteiger partial charge in [0.15, 0.2) is 5.69 Å². The molecule has 0 spiro atoms. The molecule has 92 valence electrons. The lowest BCUT2D eigenvalue weighted by atomic mass is 10.2. The van der Waals surface area contributed by atoms with Crippen LogP contribution in [0.15, 0.2) is 28.7 Å². The van der Waals surface area contributed by atoms with Crippen LogP contribution in [0.4, 0.5) is 5.69 Å². The second kappa shape index (κ2) is 4.28. The molecule has 0 bridgehead atoms. The maximum absolute atomic E-state index is 10.8. The van der Waals surface area contributed by atoms with Gasteiger partial charge in [0.1, 0.15) is 11.3 Å². The van der Waals surface area contributed by atoms with Crippen molar-refractivity contribution in [2.45, 2.75) is 6.92 Å². The van der Waals surface area contributed by atoms with Gasteiger partial charge in [-0.15, -0.1) is 0 Å². The molecule has 0 aliphatic rings. The predicted octanol–water partition coefficient (Wildman–Crippen LogP) is 2.26. The van der Waals surface area contributed by atoms with Gasteiger partial charge >= 0.3 is 5.97 Å². The first-order chi connectivity index (χ1) is 8.50. The molecule has 0 saturated heterocycles. The van der Waals surface area contributed by atoms with Crippen LogP contribution < -0.4 is 0 Å². The van der Waals surface area contributed by atoms with E-state index in [0.717, 1.165) is 0 Å². The second-order valence-electron chi connectivity index (χ2n) is 3.50. The maximum Gasteiger partial charge on any atom is 0.358 e. The molecule has 0 unspecified atom stereocenters. The molecule has 2 rings (SSSR count). The Morgan fingerprint density at radius 3 is 2.67 bits per heavy atom. The third kappa shape index (κ3) is 1.93. The fraction of sp³-hybridized carbons (Fsp3) is 0.0909. The first-order valence-electron chi connectivity index (χ1n) is 4.95. The van der Waals surface area contributed by atoms with E-state index < -0.39 is 10.9 Å². The van der Waals surface area contributed by atoms with E-state index in [2.05, 4.69) is 4.98 Å². The molecule has 1 heterocycles. The van der Waals surface area contributed by atoms with Crippen LogP contribution >= 0.6 is 0 Å². The minimum Gasteiger partial charge on any atom is -0.476 e. The van der Waals surface area contributed by atoms with Crippen LogP contribution in [0.5, 0.6) is 0 Å². The molecular weight excluding hydrogens is 240 g/mol. The zero-order valence-electron chi connectivity index (χ0n) is 9.28. The van der Waals surface area contributed by atoms with Crippen LogP contribution in [0, 0.1) is 17.0 Å². The maximum atomic E-state index is 10.8. The van der Waals surface area contributed by atoms with Gasteiger partial charge < -0.3 is 9.52 Å². The summed E-state index contributed by atoms with van der Waals surface area (Å²) in [6.45, 7) is 1.44. The van der Waals surface area contributed by atoms with Gasteiger partial charge in [-0.3, -0.25) is 10.1 Å². The third-order valence-electron chi connectivity index (χ3n) is 2.33. The normalized spacial score (nSPS) is 10.3. The molecule has 1 aromatic heterocycles. The summed E-state index contributed by atoms with van der Waals surface area (Å²) in [5.41, 5.74) is -0.281. The van der Waals surface area contributed by atoms with Crippen molar-refractivity contribution >= 4 is 11.7 Å². The predicted molar refractivity (Wildman–Crippen MR) is 60.3 cm³/mol. The molecule has 7 nitrogen and oxygen atoms in total. The number of carboxylic acids is 1. The Hall–Kier alpha value is -2.70. The quantitative estimate of drug-likeness (QED) is 0.659. The molecule has 7 heteroatoms. The Balaban J connectivity index is 2.59. The third-order valence-corrected chi connectivity index (χ3v) is 2.33. The van der Waals surface area contributed by atoms with Crippen LogP contribution in [0.3, 0.4) is 0 Å². The van der Waals surface area contributed by atoms with E-state index in [0.29, 0.717) is 0 Å². The van der Waals surface area contributed by atoms with E-state index >= 15 is 0 Å². The molecule has 0 saturated carbocycles. The van der Waals surface area contributed by atoms with E-state index in [1.54, 1.807) is 6.07 Å². The van der Waals surface area contributed by atoms with Crippen molar-refractivity contribution in [3.63, 3.8) is 0 Å². The van der Waals surface area contributed by atoms with Gasteiger partial charge in [-0.25, -0.2) is 9.78 Å². The zero-order valence-corrected chi connectivity index (χ0v) is 9.28. The van der Waals surface area contributed by atoms with Gasteiger partial charge in [-0.05, 0) is 13.0 Å². The Kier molecular flexibility index (Phi) is 2.80. The van der Waals surface area contributed by atoms with Crippen molar-refractivity contribution in [3.8, 4) is 11.5 Å². The SMILES string of the molecule is Cc1oc(-c2ccccc2[N+](=O)[O-])nc1C(=O)O. The number of carbonyl (C=O) groups is 1. The highest BCUT2D eigenvalue weighted by Crippen LogP contribution is 2.29. The standard InChI is InChI=1S/C11H8N2O5/c1-6-9(11(14)15)12-10(18-6)7-4-2-3-5-8(7)13(16)17/h2-5H,1H3,(H,14,15). The number of aromatic nitrogens is 1. The number of benzene rings is 1. The van der Waals surface area contributed by atoms with E-state index in [4.69, 9.17) is 9.52 Å². The summed E-state index contributed by atoms with van der Waals surface area (Å²) in [6.07, 6.45) is 0. The molecule has 1 aromatic carbocycles. The molecule has 1 N–H and O–H groups in total. The number of oxazole rings is 1. The van der Waals surface area contributed by atoms with Crippen LogP contribution in [-0.2, 0) is 0 Å². The fourth-order valence-electron chi connectivity index (χ4n) is 1.52. The molecule has 0 aliphatic heterocycles. The summed E-state index contributed by atoms with van der Waals surface area (Å²) in [6, 6.07) is 5.85. The van der Waals surface area contributed by atoms with E-state index in [1.807, 2.05) is 0 Å². The molecule has 0 amide bonds. The van der Waals surface area contributed by atoms with Crippen molar-refractivity contribution in [3.05, 3.63) is 45.8 Å². The first-order valence-corrected chi connectivity index (χ1v) is 4.95. The van der Waals surface area contributed by atoms with Crippen molar-refractivity contribution in [2.24, 2.45) is 0 Å². The van der Waals surface area contributed by atoms with Crippen LogP contribution in [0.1, 0.15) is 16.2 Å². The van der Waals surface area contributed by atoms with Crippen LogP contribution in [0.25, 0.3) is 11.5 Å². The van der Waals surface area contributed by atoms with Gasteiger partial charge in [0.2, 0.25) is 5.89 Å². The lowest BCUT2D eigenvalue weighted by Crippen LogP contribution is -1.98. The molecule has 2 aromatic rings. The lowest BCUT2D eigenvalue weighted by Gasteiger charge is -1.96. The number of hydrogen-bond donors (Lipinski definition) is 1. The van der Waals surface area contributed by atoms with Crippen molar-refractivity contribution in [1.82, 2.24) is 4.98 Å². The summed E-state index contributed by atoms with van der Waals surface area (Å²) in [7, 11) is 0. The van der Waals surface area contributed by atoms with Gasteiger partial charge in [-0.1, -0.05) is 12.1 Å². The lowest BCUT2D eigenvalue weighted by molar-refractivity contribution is -0.384. The topological polar surface area (TPSA) is 106 Å². The Morgan fingerprint density at radius 1 is 1.44 bits per heavy atom. The minimum atomic E-state index is -1.24. The molecule has 0 atom stereocenters. The minimum absolute atomic E-state index is 0.0720. The number of hydrogen-bond acceptors (Lipinski definition) is 5. The molecule has 0 fully saturated rings. The highest BCUT2D eigenvalue weighted by atomic mass is 16.6. The van der Waals surface area contributed by atoms with Gasteiger partial charge in [0.05, 0.1) is 4.92 Å².